The highest BCUT2D eigenvalue weighted by atomic mass is 16.3. The molecule has 1 heterocycles. The maximum absolute atomic E-state index is 12.0. The van der Waals surface area contributed by atoms with Crippen LogP contribution in [0.1, 0.15) is 15.9 Å². The lowest BCUT2D eigenvalue weighted by Crippen LogP contribution is -2.26. The average Bonchev–Trinajstić information content (AvgIpc) is 3.07. The highest BCUT2D eigenvalue weighted by Crippen LogP contribution is 2.11. The summed E-state index contributed by atoms with van der Waals surface area (Å²) in [6, 6.07) is 14.0. The fourth-order valence-electron chi connectivity index (χ4n) is 2.22. The second kappa shape index (κ2) is 6.83. The molecule has 0 spiro atoms. The van der Waals surface area contributed by atoms with Gasteiger partial charge in [-0.1, -0.05) is 12.1 Å². The first-order chi connectivity index (χ1) is 11.2. The van der Waals surface area contributed by atoms with Crippen LogP contribution in [0, 0.1) is 0 Å². The normalized spacial score (nSPS) is 13.1. The van der Waals surface area contributed by atoms with E-state index in [-0.39, 0.29) is 11.7 Å². The fourth-order valence-corrected chi connectivity index (χ4v) is 2.22. The van der Waals surface area contributed by atoms with Crippen LogP contribution in [0.3, 0.4) is 0 Å². The molecule has 6 heteroatoms. The second-order valence-electron chi connectivity index (χ2n) is 5.21. The molecule has 1 amide bonds. The predicted octanol–water partition coefficient (Wildman–Crippen LogP) is 1.69. The van der Waals surface area contributed by atoms with Crippen LogP contribution in [0.15, 0.2) is 53.5 Å². The van der Waals surface area contributed by atoms with Crippen LogP contribution in [0.5, 0.6) is 5.75 Å². The van der Waals surface area contributed by atoms with Gasteiger partial charge in [-0.3, -0.25) is 9.79 Å². The molecule has 2 aromatic rings. The van der Waals surface area contributed by atoms with Crippen molar-refractivity contribution < 1.29 is 9.90 Å². The predicted molar refractivity (Wildman–Crippen MR) is 89.6 cm³/mol. The van der Waals surface area contributed by atoms with Crippen LogP contribution in [-0.4, -0.2) is 30.1 Å². The van der Waals surface area contributed by atoms with Crippen molar-refractivity contribution in [3.63, 3.8) is 0 Å². The Balaban J connectivity index is 1.53. The number of nitrogens with one attached hydrogen (secondary N) is 3. The van der Waals surface area contributed by atoms with Crippen LogP contribution in [0.4, 0.5) is 5.69 Å². The van der Waals surface area contributed by atoms with E-state index < -0.39 is 0 Å². The molecular weight excluding hydrogens is 292 g/mol. The number of nitrogens with zero attached hydrogens (tertiary/aromatic N) is 1. The van der Waals surface area contributed by atoms with E-state index >= 15 is 0 Å². The van der Waals surface area contributed by atoms with E-state index in [4.69, 9.17) is 0 Å². The van der Waals surface area contributed by atoms with Crippen molar-refractivity contribution >= 4 is 17.6 Å². The molecule has 118 valence electrons. The number of phenolic OH excluding ortho intramolecular Hbond substituents is 1. The summed E-state index contributed by atoms with van der Waals surface area (Å²) >= 11 is 0. The number of aromatic hydroxyl groups is 1. The number of benzene rings is 2. The van der Waals surface area contributed by atoms with Gasteiger partial charge in [-0.15, -0.1) is 0 Å². The summed E-state index contributed by atoms with van der Waals surface area (Å²) in [4.78, 5) is 16.3. The Bertz CT molecular complexity index is 708. The molecule has 0 atom stereocenters. The van der Waals surface area contributed by atoms with Crippen molar-refractivity contribution in [1.29, 1.82) is 0 Å². The standard InChI is InChI=1S/C17H18N4O2/c22-15-7-3-13(4-8-15)16(23)20-11-12-1-5-14(6-2-12)21-17-18-9-10-19-17/h1-8,22H,9-11H2,(H,20,23)(H2,18,19,21). The molecule has 0 radical (unpaired) electrons. The van der Waals surface area contributed by atoms with Crippen LogP contribution < -0.4 is 16.0 Å². The first kappa shape index (κ1) is 14.9. The van der Waals surface area contributed by atoms with Gasteiger partial charge in [0, 0.05) is 24.3 Å². The average molecular weight is 310 g/mol. The zero-order valence-corrected chi connectivity index (χ0v) is 12.5. The van der Waals surface area contributed by atoms with Crippen LogP contribution in [0.25, 0.3) is 0 Å². The number of phenols is 1. The number of aliphatic imine (C=N–C) groups is 1. The van der Waals surface area contributed by atoms with E-state index in [0.29, 0.717) is 12.1 Å². The van der Waals surface area contributed by atoms with E-state index in [1.165, 1.54) is 12.1 Å². The van der Waals surface area contributed by atoms with E-state index in [1.807, 2.05) is 24.3 Å². The molecule has 0 saturated heterocycles. The Morgan fingerprint density at radius 3 is 2.52 bits per heavy atom. The molecule has 2 aromatic carbocycles. The lowest BCUT2D eigenvalue weighted by molar-refractivity contribution is 0.0951. The van der Waals surface area contributed by atoms with Crippen molar-refractivity contribution in [3.05, 3.63) is 59.7 Å². The van der Waals surface area contributed by atoms with Crippen LogP contribution in [0.2, 0.25) is 0 Å². The minimum atomic E-state index is -0.170. The number of carbonyl (C=O) groups is 1. The third kappa shape index (κ3) is 4.00. The summed E-state index contributed by atoms with van der Waals surface area (Å²) < 4.78 is 0. The van der Waals surface area contributed by atoms with Crippen molar-refractivity contribution in [3.8, 4) is 5.75 Å². The van der Waals surface area contributed by atoms with E-state index in [2.05, 4.69) is 20.9 Å². The quantitative estimate of drug-likeness (QED) is 0.692. The van der Waals surface area contributed by atoms with Crippen molar-refractivity contribution in [2.45, 2.75) is 6.54 Å². The summed E-state index contributed by atoms with van der Waals surface area (Å²) in [5, 5.41) is 18.4. The van der Waals surface area contributed by atoms with Gasteiger partial charge < -0.3 is 21.1 Å². The number of anilines is 1. The number of hydrogen-bond donors (Lipinski definition) is 4. The summed E-state index contributed by atoms with van der Waals surface area (Å²) in [7, 11) is 0. The van der Waals surface area contributed by atoms with Crippen LogP contribution >= 0.6 is 0 Å². The summed E-state index contributed by atoms with van der Waals surface area (Å²) in [6.07, 6.45) is 0. The molecule has 0 aromatic heterocycles. The zero-order chi connectivity index (χ0) is 16.1. The number of amides is 1. The Morgan fingerprint density at radius 1 is 1.13 bits per heavy atom. The first-order valence-corrected chi connectivity index (χ1v) is 7.42. The van der Waals surface area contributed by atoms with Gasteiger partial charge in [-0.05, 0) is 42.0 Å². The molecule has 6 nitrogen and oxygen atoms in total. The topological polar surface area (TPSA) is 85.8 Å². The molecule has 0 fully saturated rings. The molecule has 0 bridgehead atoms. The smallest absolute Gasteiger partial charge is 0.251 e. The number of guanidine groups is 1. The highest BCUT2D eigenvalue weighted by Gasteiger charge is 2.06. The van der Waals surface area contributed by atoms with Gasteiger partial charge in [0.2, 0.25) is 0 Å². The van der Waals surface area contributed by atoms with Gasteiger partial charge in [-0.25, -0.2) is 0 Å². The zero-order valence-electron chi connectivity index (χ0n) is 12.5. The van der Waals surface area contributed by atoms with Crippen LogP contribution in [-0.2, 0) is 6.54 Å². The minimum Gasteiger partial charge on any atom is -0.508 e. The van der Waals surface area contributed by atoms with Gasteiger partial charge in [0.1, 0.15) is 5.75 Å². The first-order valence-electron chi connectivity index (χ1n) is 7.42. The molecule has 1 aliphatic heterocycles. The fraction of sp³-hybridized carbons (Fsp3) is 0.176. The third-order valence-electron chi connectivity index (χ3n) is 3.47. The number of hydrogen-bond acceptors (Lipinski definition) is 5. The monoisotopic (exact) mass is 310 g/mol. The Hall–Kier alpha value is -3.02. The molecule has 3 rings (SSSR count). The SMILES string of the molecule is O=C(NCc1ccc(NC2=NCCN2)cc1)c1ccc(O)cc1. The Labute approximate surface area is 134 Å². The molecule has 0 aliphatic carbocycles. The summed E-state index contributed by atoms with van der Waals surface area (Å²) in [5.41, 5.74) is 2.47. The van der Waals surface area contributed by atoms with Crippen molar-refractivity contribution in [2.24, 2.45) is 4.99 Å². The van der Waals surface area contributed by atoms with Gasteiger partial charge in [-0.2, -0.15) is 0 Å². The number of rotatable bonds is 4. The second-order valence-corrected chi connectivity index (χ2v) is 5.21. The van der Waals surface area contributed by atoms with Gasteiger partial charge in [0.25, 0.3) is 5.91 Å². The van der Waals surface area contributed by atoms with Crippen molar-refractivity contribution in [2.75, 3.05) is 18.4 Å². The summed E-state index contributed by atoms with van der Waals surface area (Å²) in [6.45, 7) is 2.10. The molecule has 1 aliphatic rings. The lowest BCUT2D eigenvalue weighted by Gasteiger charge is -2.09. The van der Waals surface area contributed by atoms with Gasteiger partial charge in [0.15, 0.2) is 5.96 Å². The highest BCUT2D eigenvalue weighted by molar-refractivity contribution is 5.95. The lowest BCUT2D eigenvalue weighted by atomic mass is 10.1. The third-order valence-corrected chi connectivity index (χ3v) is 3.47. The van der Waals surface area contributed by atoms with Crippen molar-refractivity contribution in [1.82, 2.24) is 10.6 Å². The Kier molecular flexibility index (Phi) is 4.42. The maximum Gasteiger partial charge on any atom is 0.251 e. The molecule has 0 saturated carbocycles. The van der Waals surface area contributed by atoms with Gasteiger partial charge in [0.05, 0.1) is 6.54 Å². The maximum atomic E-state index is 12.0. The largest absolute Gasteiger partial charge is 0.508 e. The molecule has 4 N–H and O–H groups in total. The Morgan fingerprint density at radius 2 is 1.87 bits per heavy atom. The number of carbonyl (C=O) groups excluding carboxylic acids is 1. The van der Waals surface area contributed by atoms with E-state index in [9.17, 15) is 9.90 Å². The molecule has 23 heavy (non-hydrogen) atoms. The van der Waals surface area contributed by atoms with E-state index in [0.717, 1.165) is 30.3 Å². The van der Waals surface area contributed by atoms with E-state index in [1.54, 1.807) is 12.1 Å². The van der Waals surface area contributed by atoms with Gasteiger partial charge >= 0.3 is 0 Å². The minimum absolute atomic E-state index is 0.144. The summed E-state index contributed by atoms with van der Waals surface area (Å²) in [5.74, 6) is 0.765. The molecular formula is C17H18N4O2. The molecule has 0 unspecified atom stereocenters.